The number of hydrogen-bond donors (Lipinski definition) is 2. The number of hydrogen-bond acceptors (Lipinski definition) is 5. The van der Waals surface area contributed by atoms with E-state index in [4.69, 9.17) is 0 Å². The monoisotopic (exact) mass is 347 g/mol. The van der Waals surface area contributed by atoms with Gasteiger partial charge in [0.2, 0.25) is 5.16 Å². The van der Waals surface area contributed by atoms with Crippen molar-refractivity contribution in [3.05, 3.63) is 72.3 Å². The van der Waals surface area contributed by atoms with Crippen LogP contribution < -0.4 is 5.32 Å². The molecule has 25 heavy (non-hydrogen) atoms. The van der Waals surface area contributed by atoms with Gasteiger partial charge in [-0.05, 0) is 51.5 Å². The molecule has 4 aromatic rings. The Morgan fingerprint density at radius 2 is 1.80 bits per heavy atom. The molecule has 0 aliphatic carbocycles. The molecule has 3 aromatic carbocycles. The fourth-order valence-electron chi connectivity index (χ4n) is 2.60. The SMILES string of the molecule is O=C(Nc1cccc(-n2nnnc2S)c1)c1ccc2ccccc2c1. The first kappa shape index (κ1) is 15.3. The van der Waals surface area contributed by atoms with Crippen LogP contribution in [-0.2, 0) is 0 Å². The molecule has 0 radical (unpaired) electrons. The molecule has 0 bridgehead atoms. The lowest BCUT2D eigenvalue weighted by atomic mass is 10.1. The van der Waals surface area contributed by atoms with E-state index in [0.29, 0.717) is 22.1 Å². The maximum Gasteiger partial charge on any atom is 0.255 e. The van der Waals surface area contributed by atoms with Crippen LogP contribution in [0.4, 0.5) is 5.69 Å². The number of anilines is 1. The highest BCUT2D eigenvalue weighted by molar-refractivity contribution is 7.80. The summed E-state index contributed by atoms with van der Waals surface area (Å²) >= 11 is 4.20. The second-order valence-corrected chi connectivity index (χ2v) is 5.86. The van der Waals surface area contributed by atoms with E-state index < -0.39 is 0 Å². The highest BCUT2D eigenvalue weighted by Crippen LogP contribution is 2.19. The standard InChI is InChI=1S/C18H13N5OS/c24-17(14-9-8-12-4-1-2-5-13(12)10-14)19-15-6-3-7-16(11-15)23-18(25)20-21-22-23/h1-11H,(H,19,24)(H,20,22,25). The predicted molar refractivity (Wildman–Crippen MR) is 98.3 cm³/mol. The number of aromatic nitrogens is 4. The van der Waals surface area contributed by atoms with Gasteiger partial charge in [0, 0.05) is 11.3 Å². The minimum absolute atomic E-state index is 0.175. The largest absolute Gasteiger partial charge is 0.322 e. The van der Waals surface area contributed by atoms with Crippen LogP contribution in [-0.4, -0.2) is 26.1 Å². The third-order valence-corrected chi connectivity index (χ3v) is 4.09. The summed E-state index contributed by atoms with van der Waals surface area (Å²) in [5, 5.41) is 16.6. The predicted octanol–water partition coefficient (Wildman–Crippen LogP) is 3.36. The molecule has 0 aliphatic heterocycles. The normalized spacial score (nSPS) is 10.8. The van der Waals surface area contributed by atoms with E-state index in [0.717, 1.165) is 10.8 Å². The van der Waals surface area contributed by atoms with Crippen LogP contribution >= 0.6 is 12.6 Å². The molecule has 0 unspecified atom stereocenters. The van der Waals surface area contributed by atoms with E-state index >= 15 is 0 Å². The number of nitrogens with zero attached hydrogens (tertiary/aromatic N) is 4. The number of nitrogens with one attached hydrogen (secondary N) is 1. The third kappa shape index (κ3) is 3.09. The van der Waals surface area contributed by atoms with Gasteiger partial charge >= 0.3 is 0 Å². The lowest BCUT2D eigenvalue weighted by Crippen LogP contribution is -2.12. The van der Waals surface area contributed by atoms with E-state index in [9.17, 15) is 4.79 Å². The van der Waals surface area contributed by atoms with Gasteiger partial charge in [-0.1, -0.05) is 36.4 Å². The lowest BCUT2D eigenvalue weighted by molar-refractivity contribution is 0.102. The Hall–Kier alpha value is -3.19. The van der Waals surface area contributed by atoms with Crippen molar-refractivity contribution in [2.24, 2.45) is 0 Å². The second kappa shape index (κ2) is 6.37. The molecule has 1 heterocycles. The third-order valence-electron chi connectivity index (χ3n) is 3.81. The van der Waals surface area contributed by atoms with Crippen LogP contribution in [0, 0.1) is 0 Å². The van der Waals surface area contributed by atoms with Gasteiger partial charge in [-0.25, -0.2) is 0 Å². The summed E-state index contributed by atoms with van der Waals surface area (Å²) in [6.07, 6.45) is 0. The van der Waals surface area contributed by atoms with Crippen molar-refractivity contribution >= 4 is 35.0 Å². The molecule has 4 rings (SSSR count). The Morgan fingerprint density at radius 3 is 2.60 bits per heavy atom. The molecule has 0 aliphatic rings. The van der Waals surface area contributed by atoms with Gasteiger partial charge in [-0.3, -0.25) is 4.79 Å². The summed E-state index contributed by atoms with van der Waals surface area (Å²) in [5.74, 6) is -0.175. The van der Waals surface area contributed by atoms with Crippen molar-refractivity contribution < 1.29 is 4.79 Å². The van der Waals surface area contributed by atoms with Crippen LogP contribution in [0.5, 0.6) is 0 Å². The van der Waals surface area contributed by atoms with Gasteiger partial charge < -0.3 is 5.32 Å². The van der Waals surface area contributed by atoms with Crippen molar-refractivity contribution in [3.8, 4) is 5.69 Å². The molecular weight excluding hydrogens is 334 g/mol. The highest BCUT2D eigenvalue weighted by Gasteiger charge is 2.09. The maximum atomic E-state index is 12.5. The molecule has 0 saturated carbocycles. The van der Waals surface area contributed by atoms with Crippen LogP contribution in [0.1, 0.15) is 10.4 Å². The molecule has 0 fully saturated rings. The van der Waals surface area contributed by atoms with Crippen LogP contribution in [0.3, 0.4) is 0 Å². The molecule has 122 valence electrons. The van der Waals surface area contributed by atoms with Crippen molar-refractivity contribution in [3.63, 3.8) is 0 Å². The zero-order valence-electron chi connectivity index (χ0n) is 13.0. The smallest absolute Gasteiger partial charge is 0.255 e. The molecule has 6 nitrogen and oxygen atoms in total. The minimum Gasteiger partial charge on any atom is -0.322 e. The van der Waals surface area contributed by atoms with Crippen LogP contribution in [0.2, 0.25) is 0 Å². The summed E-state index contributed by atoms with van der Waals surface area (Å²) in [6.45, 7) is 0. The molecule has 0 saturated heterocycles. The van der Waals surface area contributed by atoms with Crippen molar-refractivity contribution in [2.45, 2.75) is 5.16 Å². The Balaban J connectivity index is 1.61. The number of tetrazole rings is 1. The zero-order valence-corrected chi connectivity index (χ0v) is 13.9. The first-order valence-electron chi connectivity index (χ1n) is 7.59. The van der Waals surface area contributed by atoms with E-state index in [1.165, 1.54) is 4.68 Å². The highest BCUT2D eigenvalue weighted by atomic mass is 32.1. The number of amides is 1. The number of rotatable bonds is 3. The first-order valence-corrected chi connectivity index (χ1v) is 8.03. The Morgan fingerprint density at radius 1 is 0.960 bits per heavy atom. The first-order chi connectivity index (χ1) is 12.2. The van der Waals surface area contributed by atoms with Gasteiger partial charge in [0.25, 0.3) is 5.91 Å². The zero-order chi connectivity index (χ0) is 17.2. The van der Waals surface area contributed by atoms with Crippen LogP contribution in [0.25, 0.3) is 16.5 Å². The number of carbonyl (C=O) groups is 1. The molecule has 0 spiro atoms. The second-order valence-electron chi connectivity index (χ2n) is 5.46. The molecule has 1 aromatic heterocycles. The van der Waals surface area contributed by atoms with E-state index in [1.54, 1.807) is 6.07 Å². The quantitative estimate of drug-likeness (QED) is 0.558. The summed E-state index contributed by atoms with van der Waals surface area (Å²) in [7, 11) is 0. The Labute approximate surface area is 148 Å². The van der Waals surface area contributed by atoms with Crippen LogP contribution in [0.15, 0.2) is 71.9 Å². The van der Waals surface area contributed by atoms with E-state index in [-0.39, 0.29) is 5.91 Å². The van der Waals surface area contributed by atoms with Gasteiger partial charge in [-0.2, -0.15) is 4.68 Å². The van der Waals surface area contributed by atoms with Gasteiger partial charge in [0.05, 0.1) is 5.69 Å². The molecule has 1 amide bonds. The van der Waals surface area contributed by atoms with Gasteiger partial charge in [0.1, 0.15) is 0 Å². The van der Waals surface area contributed by atoms with E-state index in [1.807, 2.05) is 60.7 Å². The summed E-state index contributed by atoms with van der Waals surface area (Å²) < 4.78 is 1.48. The molecular formula is C18H13N5OS. The number of carbonyl (C=O) groups excluding carboxylic acids is 1. The van der Waals surface area contributed by atoms with Crippen molar-refractivity contribution in [2.75, 3.05) is 5.32 Å². The average Bonchev–Trinajstić information content (AvgIpc) is 3.07. The van der Waals surface area contributed by atoms with E-state index in [2.05, 4.69) is 33.5 Å². The number of thiol groups is 1. The summed E-state index contributed by atoms with van der Waals surface area (Å²) in [5.41, 5.74) is 1.96. The molecule has 1 N–H and O–H groups in total. The lowest BCUT2D eigenvalue weighted by Gasteiger charge is -2.08. The summed E-state index contributed by atoms with van der Waals surface area (Å²) in [4.78, 5) is 12.5. The fraction of sp³-hybridized carbons (Fsp3) is 0. The van der Waals surface area contributed by atoms with Crippen molar-refractivity contribution in [1.29, 1.82) is 0 Å². The minimum atomic E-state index is -0.175. The van der Waals surface area contributed by atoms with Gasteiger partial charge in [0.15, 0.2) is 0 Å². The molecule has 0 atom stereocenters. The Bertz CT molecular complexity index is 1080. The topological polar surface area (TPSA) is 72.7 Å². The maximum absolute atomic E-state index is 12.5. The van der Waals surface area contributed by atoms with Crippen molar-refractivity contribution in [1.82, 2.24) is 20.2 Å². The summed E-state index contributed by atoms with van der Waals surface area (Å²) in [6, 6.07) is 20.8. The Kier molecular flexibility index (Phi) is 3.91. The molecule has 7 heteroatoms. The average molecular weight is 347 g/mol. The number of benzene rings is 3. The van der Waals surface area contributed by atoms with Gasteiger partial charge in [-0.15, -0.1) is 17.7 Å². The number of fused-ring (bicyclic) bond motifs is 1. The fourth-order valence-corrected chi connectivity index (χ4v) is 2.79.